The minimum atomic E-state index is -0.928. The first-order chi connectivity index (χ1) is 10.5. The second kappa shape index (κ2) is 8.87. The molecule has 0 heterocycles. The number of unbranched alkanes of at least 4 members (excludes halogenated alkanes) is 1. The van der Waals surface area contributed by atoms with E-state index in [2.05, 4.69) is 6.58 Å². The molecule has 1 unspecified atom stereocenters. The van der Waals surface area contributed by atoms with Gasteiger partial charge in [-0.25, -0.2) is 4.79 Å². The van der Waals surface area contributed by atoms with Crippen LogP contribution < -0.4 is 4.74 Å². The molecule has 0 spiro atoms. The number of ether oxygens (including phenoxy) is 3. The van der Waals surface area contributed by atoms with Crippen LogP contribution in [0.15, 0.2) is 36.4 Å². The minimum Gasteiger partial charge on any atom is -0.496 e. The summed E-state index contributed by atoms with van der Waals surface area (Å²) in [4.78, 5) is 23.4. The van der Waals surface area contributed by atoms with Crippen molar-refractivity contribution < 1.29 is 23.8 Å². The van der Waals surface area contributed by atoms with Crippen molar-refractivity contribution in [1.29, 1.82) is 0 Å². The Bertz CT molecular complexity index is 536. The van der Waals surface area contributed by atoms with E-state index in [0.717, 1.165) is 12.8 Å². The Labute approximate surface area is 130 Å². The van der Waals surface area contributed by atoms with Crippen molar-refractivity contribution in [2.45, 2.75) is 32.8 Å². The first kappa shape index (κ1) is 17.8. The van der Waals surface area contributed by atoms with Crippen LogP contribution in [-0.4, -0.2) is 25.7 Å². The Balaban J connectivity index is 2.99. The SMILES string of the molecule is C=C(C(=O)OCCCC)C(OC(C)=O)c1ccccc1OC. The highest BCUT2D eigenvalue weighted by atomic mass is 16.6. The summed E-state index contributed by atoms with van der Waals surface area (Å²) in [7, 11) is 1.51. The van der Waals surface area contributed by atoms with Gasteiger partial charge in [0.25, 0.3) is 0 Å². The maximum absolute atomic E-state index is 12.1. The molecule has 1 atom stereocenters. The molecule has 0 fully saturated rings. The smallest absolute Gasteiger partial charge is 0.337 e. The van der Waals surface area contributed by atoms with Crippen molar-refractivity contribution >= 4 is 11.9 Å². The van der Waals surface area contributed by atoms with Gasteiger partial charge in [0.15, 0.2) is 6.10 Å². The summed E-state index contributed by atoms with van der Waals surface area (Å²) in [6.07, 6.45) is 0.758. The predicted octanol–water partition coefficient (Wildman–Crippen LogP) is 3.20. The molecule has 0 aliphatic heterocycles. The van der Waals surface area contributed by atoms with E-state index in [1.165, 1.54) is 14.0 Å². The van der Waals surface area contributed by atoms with Crippen LogP contribution in [0.2, 0.25) is 0 Å². The van der Waals surface area contributed by atoms with Crippen molar-refractivity contribution in [3.05, 3.63) is 42.0 Å². The van der Waals surface area contributed by atoms with Gasteiger partial charge in [-0.1, -0.05) is 38.1 Å². The van der Waals surface area contributed by atoms with Crippen molar-refractivity contribution in [2.24, 2.45) is 0 Å². The third kappa shape index (κ3) is 4.91. The molecule has 0 saturated carbocycles. The molecule has 22 heavy (non-hydrogen) atoms. The second-order valence-electron chi connectivity index (χ2n) is 4.75. The van der Waals surface area contributed by atoms with Gasteiger partial charge in [0.1, 0.15) is 5.75 Å². The summed E-state index contributed by atoms with van der Waals surface area (Å²) in [5.74, 6) is -0.583. The van der Waals surface area contributed by atoms with Crippen LogP contribution in [0.3, 0.4) is 0 Å². The summed E-state index contributed by atoms with van der Waals surface area (Å²) < 4.78 is 15.6. The predicted molar refractivity (Wildman–Crippen MR) is 82.5 cm³/mol. The van der Waals surface area contributed by atoms with Gasteiger partial charge in [0, 0.05) is 12.5 Å². The molecule has 0 aliphatic rings. The van der Waals surface area contributed by atoms with Gasteiger partial charge in [-0.05, 0) is 12.5 Å². The molecule has 1 rings (SSSR count). The Morgan fingerprint density at radius 3 is 2.55 bits per heavy atom. The zero-order valence-electron chi connectivity index (χ0n) is 13.3. The largest absolute Gasteiger partial charge is 0.496 e. The van der Waals surface area contributed by atoms with E-state index in [1.54, 1.807) is 24.3 Å². The topological polar surface area (TPSA) is 61.8 Å². The van der Waals surface area contributed by atoms with E-state index < -0.39 is 18.0 Å². The van der Waals surface area contributed by atoms with Crippen LogP contribution in [0.5, 0.6) is 5.75 Å². The molecule has 1 aromatic rings. The van der Waals surface area contributed by atoms with E-state index in [0.29, 0.717) is 17.9 Å². The zero-order chi connectivity index (χ0) is 16.5. The average molecular weight is 306 g/mol. The van der Waals surface area contributed by atoms with E-state index in [4.69, 9.17) is 14.2 Å². The third-order valence-corrected chi connectivity index (χ3v) is 3.01. The molecule has 0 aliphatic carbocycles. The lowest BCUT2D eigenvalue weighted by atomic mass is 10.0. The maximum Gasteiger partial charge on any atom is 0.337 e. The summed E-state index contributed by atoms with van der Waals surface area (Å²) in [5, 5.41) is 0. The van der Waals surface area contributed by atoms with E-state index in [9.17, 15) is 9.59 Å². The van der Waals surface area contributed by atoms with Crippen LogP contribution in [-0.2, 0) is 19.1 Å². The first-order valence-corrected chi connectivity index (χ1v) is 7.17. The highest BCUT2D eigenvalue weighted by Gasteiger charge is 2.27. The fourth-order valence-electron chi connectivity index (χ4n) is 1.88. The summed E-state index contributed by atoms with van der Waals surface area (Å²) in [6, 6.07) is 7.00. The van der Waals surface area contributed by atoms with Crippen molar-refractivity contribution in [3.63, 3.8) is 0 Å². The number of esters is 2. The number of benzene rings is 1. The lowest BCUT2D eigenvalue weighted by Crippen LogP contribution is -2.19. The molecule has 0 bridgehead atoms. The van der Waals surface area contributed by atoms with Gasteiger partial charge in [-0.15, -0.1) is 0 Å². The maximum atomic E-state index is 12.1. The van der Waals surface area contributed by atoms with Gasteiger partial charge in [0.05, 0.1) is 19.3 Å². The Kier molecular flexibility index (Phi) is 7.16. The van der Waals surface area contributed by atoms with Gasteiger partial charge in [-0.3, -0.25) is 4.79 Å². The molecule has 1 aromatic carbocycles. The Morgan fingerprint density at radius 1 is 1.27 bits per heavy atom. The molecule has 0 amide bonds. The standard InChI is InChI=1S/C17H22O5/c1-5-6-11-21-17(19)12(2)16(22-13(3)18)14-9-7-8-10-15(14)20-4/h7-10,16H,2,5-6,11H2,1,3-4H3. The summed E-state index contributed by atoms with van der Waals surface area (Å²) >= 11 is 0. The van der Waals surface area contributed by atoms with Gasteiger partial charge >= 0.3 is 11.9 Å². The lowest BCUT2D eigenvalue weighted by Gasteiger charge is -2.21. The van der Waals surface area contributed by atoms with E-state index in [1.807, 2.05) is 6.92 Å². The number of hydrogen-bond donors (Lipinski definition) is 0. The number of methoxy groups -OCH3 is 1. The fraction of sp³-hybridized carbons (Fsp3) is 0.412. The monoisotopic (exact) mass is 306 g/mol. The first-order valence-electron chi connectivity index (χ1n) is 7.17. The molecule has 0 radical (unpaired) electrons. The average Bonchev–Trinajstić information content (AvgIpc) is 2.51. The molecule has 5 nitrogen and oxygen atoms in total. The molecule has 120 valence electrons. The molecule has 0 aromatic heterocycles. The van der Waals surface area contributed by atoms with Gasteiger partial charge in [0.2, 0.25) is 0 Å². The van der Waals surface area contributed by atoms with Gasteiger partial charge < -0.3 is 14.2 Å². The van der Waals surface area contributed by atoms with E-state index >= 15 is 0 Å². The van der Waals surface area contributed by atoms with Gasteiger partial charge in [-0.2, -0.15) is 0 Å². The van der Waals surface area contributed by atoms with Crippen molar-refractivity contribution in [3.8, 4) is 5.75 Å². The number of para-hydroxylation sites is 1. The Hall–Kier alpha value is -2.30. The van der Waals surface area contributed by atoms with Crippen LogP contribution >= 0.6 is 0 Å². The summed E-state index contributed by atoms with van der Waals surface area (Å²) in [6.45, 7) is 7.32. The molecule has 5 heteroatoms. The zero-order valence-corrected chi connectivity index (χ0v) is 13.3. The molecule has 0 N–H and O–H groups in total. The van der Waals surface area contributed by atoms with E-state index in [-0.39, 0.29) is 5.57 Å². The fourth-order valence-corrected chi connectivity index (χ4v) is 1.88. The number of carbonyl (C=O) groups excluding carboxylic acids is 2. The normalized spacial score (nSPS) is 11.4. The number of carbonyl (C=O) groups is 2. The van der Waals surface area contributed by atoms with Crippen molar-refractivity contribution in [1.82, 2.24) is 0 Å². The second-order valence-corrected chi connectivity index (χ2v) is 4.75. The van der Waals surface area contributed by atoms with Crippen molar-refractivity contribution in [2.75, 3.05) is 13.7 Å². The number of hydrogen-bond acceptors (Lipinski definition) is 5. The van der Waals surface area contributed by atoms with Crippen LogP contribution in [0, 0.1) is 0 Å². The lowest BCUT2D eigenvalue weighted by molar-refractivity contribution is -0.148. The summed E-state index contributed by atoms with van der Waals surface area (Å²) in [5.41, 5.74) is 0.619. The molecule has 0 saturated heterocycles. The quantitative estimate of drug-likeness (QED) is 0.419. The highest BCUT2D eigenvalue weighted by molar-refractivity contribution is 5.89. The number of rotatable bonds is 8. The molecular weight excluding hydrogens is 284 g/mol. The van der Waals surface area contributed by atoms with Crippen LogP contribution in [0.25, 0.3) is 0 Å². The Morgan fingerprint density at radius 2 is 1.95 bits per heavy atom. The van der Waals surface area contributed by atoms with Crippen LogP contribution in [0.4, 0.5) is 0 Å². The third-order valence-electron chi connectivity index (χ3n) is 3.01. The molecular formula is C17H22O5. The minimum absolute atomic E-state index is 0.0656. The van der Waals surface area contributed by atoms with Crippen LogP contribution in [0.1, 0.15) is 38.4 Å². The highest BCUT2D eigenvalue weighted by Crippen LogP contribution is 2.32.